The van der Waals surface area contributed by atoms with Crippen LogP contribution in [0.5, 0.6) is 0 Å². The van der Waals surface area contributed by atoms with E-state index in [-0.39, 0.29) is 24.8 Å². The van der Waals surface area contributed by atoms with E-state index in [1.165, 1.54) is 11.8 Å². The van der Waals surface area contributed by atoms with Gasteiger partial charge in [-0.2, -0.15) is 5.26 Å². The van der Waals surface area contributed by atoms with Gasteiger partial charge >= 0.3 is 0 Å². The number of amides is 2. The number of hydrogen-bond donors (Lipinski definition) is 1. The van der Waals surface area contributed by atoms with Crippen LogP contribution in [0.2, 0.25) is 0 Å². The number of anilines is 3. The van der Waals surface area contributed by atoms with E-state index in [0.29, 0.717) is 11.3 Å². The van der Waals surface area contributed by atoms with Crippen molar-refractivity contribution in [3.63, 3.8) is 0 Å². The van der Waals surface area contributed by atoms with Gasteiger partial charge in [-0.15, -0.1) is 0 Å². The van der Waals surface area contributed by atoms with Gasteiger partial charge in [0.05, 0.1) is 11.6 Å². The maximum Gasteiger partial charge on any atom is 0.226 e. The summed E-state index contributed by atoms with van der Waals surface area (Å²) in [5.74, 6) is -0.334. The third kappa shape index (κ3) is 5.82. The van der Waals surface area contributed by atoms with Gasteiger partial charge in [-0.1, -0.05) is 6.07 Å². The Morgan fingerprint density at radius 1 is 1.07 bits per heavy atom. The van der Waals surface area contributed by atoms with E-state index in [4.69, 9.17) is 5.26 Å². The van der Waals surface area contributed by atoms with Crippen molar-refractivity contribution in [3.05, 3.63) is 53.6 Å². The van der Waals surface area contributed by atoms with Gasteiger partial charge in [0.1, 0.15) is 0 Å². The molecule has 6 heteroatoms. The quantitative estimate of drug-likeness (QED) is 0.734. The minimum absolute atomic E-state index is 0.160. The van der Waals surface area contributed by atoms with Gasteiger partial charge in [0.2, 0.25) is 11.8 Å². The van der Waals surface area contributed by atoms with Crippen LogP contribution >= 0.6 is 0 Å². The summed E-state index contributed by atoms with van der Waals surface area (Å²) in [5, 5.41) is 12.0. The molecule has 2 rings (SSSR count). The average molecular weight is 393 g/mol. The van der Waals surface area contributed by atoms with Crippen LogP contribution in [0, 0.1) is 18.3 Å². The third-order valence-electron chi connectivity index (χ3n) is 4.84. The molecule has 0 atom stereocenters. The fourth-order valence-corrected chi connectivity index (χ4v) is 3.21. The summed E-state index contributed by atoms with van der Waals surface area (Å²) >= 11 is 0. The van der Waals surface area contributed by atoms with Crippen molar-refractivity contribution in [2.45, 2.75) is 34.1 Å². The van der Waals surface area contributed by atoms with Crippen LogP contribution in [-0.4, -0.2) is 31.4 Å². The van der Waals surface area contributed by atoms with Crippen molar-refractivity contribution >= 4 is 28.9 Å². The zero-order valence-electron chi connectivity index (χ0n) is 17.5. The van der Waals surface area contributed by atoms with Gasteiger partial charge in [0, 0.05) is 50.0 Å². The largest absolute Gasteiger partial charge is 0.372 e. The summed E-state index contributed by atoms with van der Waals surface area (Å²) in [5.41, 5.74) is 3.98. The van der Waals surface area contributed by atoms with E-state index in [1.54, 1.807) is 24.3 Å². The van der Waals surface area contributed by atoms with Gasteiger partial charge in [0.25, 0.3) is 0 Å². The van der Waals surface area contributed by atoms with Gasteiger partial charge in [-0.05, 0) is 62.7 Å². The lowest BCUT2D eigenvalue weighted by molar-refractivity contribution is -0.117. The number of nitrogens with one attached hydrogen (secondary N) is 1. The first kappa shape index (κ1) is 22.0. The van der Waals surface area contributed by atoms with Crippen LogP contribution < -0.4 is 15.1 Å². The topological polar surface area (TPSA) is 76.4 Å². The first-order valence-electron chi connectivity index (χ1n) is 9.83. The Kier molecular flexibility index (Phi) is 7.79. The highest BCUT2D eigenvalue weighted by atomic mass is 16.2. The molecule has 0 saturated carbocycles. The highest BCUT2D eigenvalue weighted by molar-refractivity contribution is 5.95. The van der Waals surface area contributed by atoms with Crippen LogP contribution in [0.25, 0.3) is 0 Å². The minimum Gasteiger partial charge on any atom is -0.372 e. The molecule has 0 heterocycles. The predicted octanol–water partition coefficient (Wildman–Crippen LogP) is 4.09. The Bertz CT molecular complexity index is 913. The summed E-state index contributed by atoms with van der Waals surface area (Å²) in [4.78, 5) is 28.3. The van der Waals surface area contributed by atoms with Crippen LogP contribution in [0.3, 0.4) is 0 Å². The van der Waals surface area contributed by atoms with Crippen molar-refractivity contribution in [2.24, 2.45) is 0 Å². The number of nitriles is 1. The van der Waals surface area contributed by atoms with E-state index >= 15 is 0 Å². The van der Waals surface area contributed by atoms with Crippen LogP contribution in [0.1, 0.15) is 38.3 Å². The van der Waals surface area contributed by atoms with Crippen molar-refractivity contribution in [2.75, 3.05) is 34.8 Å². The van der Waals surface area contributed by atoms with Crippen LogP contribution in [0.4, 0.5) is 17.1 Å². The maximum absolute atomic E-state index is 12.5. The molecule has 0 aromatic heterocycles. The number of hydrogen-bond acceptors (Lipinski definition) is 4. The van der Waals surface area contributed by atoms with Crippen molar-refractivity contribution in [1.82, 2.24) is 0 Å². The summed E-state index contributed by atoms with van der Waals surface area (Å²) in [6.07, 6.45) is 0.160. The van der Waals surface area contributed by atoms with Gasteiger partial charge < -0.3 is 15.1 Å². The second kappa shape index (κ2) is 10.3. The van der Waals surface area contributed by atoms with Gasteiger partial charge in [-0.25, -0.2) is 0 Å². The molecule has 0 bridgehead atoms. The number of benzene rings is 2. The molecule has 6 nitrogen and oxygen atoms in total. The molecular weight excluding hydrogens is 364 g/mol. The van der Waals surface area contributed by atoms with E-state index in [2.05, 4.69) is 36.2 Å². The monoisotopic (exact) mass is 392 g/mol. The number of carbonyl (C=O) groups excluding carboxylic acids is 2. The average Bonchev–Trinajstić information content (AvgIpc) is 2.71. The maximum atomic E-state index is 12.5. The Balaban J connectivity index is 2.04. The lowest BCUT2D eigenvalue weighted by Crippen LogP contribution is -2.32. The van der Waals surface area contributed by atoms with Crippen molar-refractivity contribution in [3.8, 4) is 6.07 Å². The minimum atomic E-state index is -0.173. The molecule has 0 saturated heterocycles. The molecule has 0 aliphatic heterocycles. The molecule has 152 valence electrons. The third-order valence-corrected chi connectivity index (χ3v) is 4.84. The SMILES string of the molecule is CCN(CC)c1ccc(NC(=O)CCN(C(C)=O)c2cccc(C#N)c2)c(C)c1. The normalized spacial score (nSPS) is 10.2. The molecule has 2 aromatic rings. The van der Waals surface area contributed by atoms with E-state index in [9.17, 15) is 9.59 Å². The molecule has 0 fully saturated rings. The Morgan fingerprint density at radius 2 is 1.79 bits per heavy atom. The molecule has 0 aliphatic rings. The smallest absolute Gasteiger partial charge is 0.226 e. The Hall–Kier alpha value is -3.33. The Morgan fingerprint density at radius 3 is 2.38 bits per heavy atom. The number of rotatable bonds is 8. The second-order valence-electron chi connectivity index (χ2n) is 6.80. The molecule has 0 aliphatic carbocycles. The standard InChI is InChI=1S/C23H28N4O2/c1-5-26(6-2)20-10-11-22(17(3)14-20)25-23(29)12-13-27(18(4)28)21-9-7-8-19(15-21)16-24/h7-11,14-15H,5-6,12-13H2,1-4H3,(H,25,29). The van der Waals surface area contributed by atoms with Gasteiger partial charge in [-0.3, -0.25) is 9.59 Å². The zero-order chi connectivity index (χ0) is 21.4. The molecule has 1 N–H and O–H groups in total. The molecule has 0 unspecified atom stereocenters. The lowest BCUT2D eigenvalue weighted by Gasteiger charge is -2.23. The van der Waals surface area contributed by atoms with E-state index in [0.717, 1.165) is 30.0 Å². The summed E-state index contributed by atoms with van der Waals surface area (Å²) in [6, 6.07) is 14.9. The summed E-state index contributed by atoms with van der Waals surface area (Å²) in [6.45, 7) is 9.74. The molecule has 0 spiro atoms. The number of aryl methyl sites for hydroxylation is 1. The molecule has 0 radical (unpaired) electrons. The number of carbonyl (C=O) groups is 2. The Labute approximate surface area is 172 Å². The van der Waals surface area contributed by atoms with E-state index in [1.807, 2.05) is 19.1 Å². The van der Waals surface area contributed by atoms with Crippen molar-refractivity contribution < 1.29 is 9.59 Å². The summed E-state index contributed by atoms with van der Waals surface area (Å²) in [7, 11) is 0. The molecular formula is C23H28N4O2. The predicted molar refractivity (Wildman–Crippen MR) is 117 cm³/mol. The molecule has 2 aromatic carbocycles. The highest BCUT2D eigenvalue weighted by Gasteiger charge is 2.15. The van der Waals surface area contributed by atoms with Crippen molar-refractivity contribution in [1.29, 1.82) is 5.26 Å². The lowest BCUT2D eigenvalue weighted by atomic mass is 10.1. The zero-order valence-corrected chi connectivity index (χ0v) is 17.5. The first-order chi connectivity index (χ1) is 13.9. The number of nitrogens with zero attached hydrogens (tertiary/aromatic N) is 3. The fourth-order valence-electron chi connectivity index (χ4n) is 3.21. The molecule has 29 heavy (non-hydrogen) atoms. The van der Waals surface area contributed by atoms with E-state index < -0.39 is 0 Å². The first-order valence-corrected chi connectivity index (χ1v) is 9.83. The second-order valence-corrected chi connectivity index (χ2v) is 6.80. The summed E-state index contributed by atoms with van der Waals surface area (Å²) < 4.78 is 0. The van der Waals surface area contributed by atoms with Crippen LogP contribution in [0.15, 0.2) is 42.5 Å². The fraction of sp³-hybridized carbons (Fsp3) is 0.348. The highest BCUT2D eigenvalue weighted by Crippen LogP contribution is 2.23. The van der Waals surface area contributed by atoms with Gasteiger partial charge in [0.15, 0.2) is 0 Å². The van der Waals surface area contributed by atoms with Crippen LogP contribution in [-0.2, 0) is 9.59 Å². The molecule has 2 amide bonds.